The molecule has 1 amide bonds. The van der Waals surface area contributed by atoms with Crippen molar-refractivity contribution in [2.75, 3.05) is 6.61 Å². The van der Waals surface area contributed by atoms with E-state index in [1.807, 2.05) is 0 Å². The standard InChI is InChI=1S/C10H6F5NO2.ClH/c11-5-2-7(13)6(12)1-4(5)8-10(14,15)3-18-9(17)16-8;/h1-2,8H,3H2,(H,16,17);1H/t8-;/m0./s1. The van der Waals surface area contributed by atoms with E-state index in [1.54, 1.807) is 5.32 Å². The molecule has 19 heavy (non-hydrogen) atoms. The van der Waals surface area contributed by atoms with Gasteiger partial charge in [0.2, 0.25) is 0 Å². The summed E-state index contributed by atoms with van der Waals surface area (Å²) in [7, 11) is 0. The zero-order valence-electron chi connectivity index (χ0n) is 9.05. The number of halogens is 6. The number of rotatable bonds is 1. The highest BCUT2D eigenvalue weighted by atomic mass is 35.5. The number of hydrogen-bond acceptors (Lipinski definition) is 2. The minimum Gasteiger partial charge on any atom is -0.443 e. The Morgan fingerprint density at radius 1 is 1.16 bits per heavy atom. The first-order valence-corrected chi connectivity index (χ1v) is 4.77. The van der Waals surface area contributed by atoms with Crippen LogP contribution in [-0.4, -0.2) is 18.6 Å². The van der Waals surface area contributed by atoms with Gasteiger partial charge in [-0.25, -0.2) is 26.7 Å². The van der Waals surface area contributed by atoms with E-state index in [0.717, 1.165) is 0 Å². The molecule has 1 saturated heterocycles. The van der Waals surface area contributed by atoms with Gasteiger partial charge < -0.3 is 10.1 Å². The third kappa shape index (κ3) is 2.89. The second-order valence-corrected chi connectivity index (χ2v) is 3.70. The van der Waals surface area contributed by atoms with Crippen molar-refractivity contribution in [2.45, 2.75) is 12.0 Å². The molecule has 0 radical (unpaired) electrons. The van der Waals surface area contributed by atoms with Crippen molar-refractivity contribution in [2.24, 2.45) is 0 Å². The maximum atomic E-state index is 13.4. The van der Waals surface area contributed by atoms with Crippen LogP contribution in [-0.2, 0) is 4.74 Å². The largest absolute Gasteiger partial charge is 0.443 e. The summed E-state index contributed by atoms with van der Waals surface area (Å²) in [6.45, 7) is -1.26. The maximum Gasteiger partial charge on any atom is 0.408 e. The van der Waals surface area contributed by atoms with E-state index in [2.05, 4.69) is 4.74 Å². The van der Waals surface area contributed by atoms with Crippen molar-refractivity contribution >= 4 is 18.5 Å². The number of alkyl halides is 2. The summed E-state index contributed by atoms with van der Waals surface area (Å²) in [6.07, 6.45) is -1.19. The van der Waals surface area contributed by atoms with E-state index >= 15 is 0 Å². The molecular formula is C10H7ClF5NO2. The number of nitrogens with one attached hydrogen (secondary N) is 1. The van der Waals surface area contributed by atoms with E-state index in [0.29, 0.717) is 0 Å². The number of hydrogen-bond donors (Lipinski definition) is 1. The van der Waals surface area contributed by atoms with Gasteiger partial charge in [-0.2, -0.15) is 0 Å². The van der Waals surface area contributed by atoms with Crippen LogP contribution in [0.2, 0.25) is 0 Å². The average Bonchev–Trinajstić information content (AvgIpc) is 2.27. The van der Waals surface area contributed by atoms with Crippen LogP contribution in [0.4, 0.5) is 26.7 Å². The molecule has 3 nitrogen and oxygen atoms in total. The molecule has 1 aliphatic heterocycles. The quantitative estimate of drug-likeness (QED) is 0.640. The number of alkyl carbamates (subject to hydrolysis) is 1. The topological polar surface area (TPSA) is 38.3 Å². The van der Waals surface area contributed by atoms with Gasteiger partial charge in [0.25, 0.3) is 0 Å². The summed E-state index contributed by atoms with van der Waals surface area (Å²) in [6, 6.07) is -1.68. The summed E-state index contributed by atoms with van der Waals surface area (Å²) in [5, 5.41) is 1.67. The molecule has 0 aromatic heterocycles. The van der Waals surface area contributed by atoms with Crippen molar-refractivity contribution in [3.8, 4) is 0 Å². The molecule has 0 spiro atoms. The van der Waals surface area contributed by atoms with Crippen molar-refractivity contribution in [1.82, 2.24) is 5.32 Å². The Hall–Kier alpha value is -1.57. The van der Waals surface area contributed by atoms with E-state index in [4.69, 9.17) is 0 Å². The van der Waals surface area contributed by atoms with Gasteiger partial charge in [-0.3, -0.25) is 0 Å². The van der Waals surface area contributed by atoms with E-state index in [9.17, 15) is 26.7 Å². The van der Waals surface area contributed by atoms with E-state index in [-0.39, 0.29) is 24.5 Å². The molecule has 1 aromatic rings. The summed E-state index contributed by atoms with van der Waals surface area (Å²) in [4.78, 5) is 10.8. The third-order valence-electron chi connectivity index (χ3n) is 2.43. The molecule has 2 rings (SSSR count). The Balaban J connectivity index is 0.00000180. The molecule has 1 aromatic carbocycles. The second-order valence-electron chi connectivity index (χ2n) is 3.70. The summed E-state index contributed by atoms with van der Waals surface area (Å²) in [5.74, 6) is -7.99. The lowest BCUT2D eigenvalue weighted by Gasteiger charge is -2.31. The highest BCUT2D eigenvalue weighted by Crippen LogP contribution is 2.36. The van der Waals surface area contributed by atoms with Crippen molar-refractivity contribution in [3.63, 3.8) is 0 Å². The fourth-order valence-corrected chi connectivity index (χ4v) is 1.57. The molecule has 0 bridgehead atoms. The van der Waals surface area contributed by atoms with E-state index in [1.165, 1.54) is 0 Å². The number of carbonyl (C=O) groups excluding carboxylic acids is 1. The lowest BCUT2D eigenvalue weighted by atomic mass is 9.99. The molecular weight excluding hydrogens is 297 g/mol. The molecule has 1 N–H and O–H groups in total. The highest BCUT2D eigenvalue weighted by Gasteiger charge is 2.48. The van der Waals surface area contributed by atoms with Crippen LogP contribution in [0.15, 0.2) is 12.1 Å². The summed E-state index contributed by atoms with van der Waals surface area (Å²) in [5.41, 5.74) is -0.837. The monoisotopic (exact) mass is 303 g/mol. The Morgan fingerprint density at radius 2 is 1.74 bits per heavy atom. The first-order valence-electron chi connectivity index (χ1n) is 4.77. The molecule has 0 saturated carbocycles. The predicted octanol–water partition coefficient (Wildman–Crippen LogP) is 2.94. The molecule has 9 heteroatoms. The van der Waals surface area contributed by atoms with Crippen LogP contribution >= 0.6 is 12.4 Å². The number of carbonyl (C=O) groups is 1. The maximum absolute atomic E-state index is 13.4. The zero-order chi connectivity index (χ0) is 13.5. The van der Waals surface area contributed by atoms with Gasteiger partial charge in [0.15, 0.2) is 18.2 Å². The van der Waals surface area contributed by atoms with Gasteiger partial charge in [0.05, 0.1) is 0 Å². The number of ether oxygens (including phenoxy) is 1. The van der Waals surface area contributed by atoms with Crippen molar-refractivity contribution < 1.29 is 31.5 Å². The summed E-state index contributed by atoms with van der Waals surface area (Å²) < 4.78 is 69.9. The third-order valence-corrected chi connectivity index (χ3v) is 2.43. The van der Waals surface area contributed by atoms with Crippen molar-refractivity contribution in [3.05, 3.63) is 35.1 Å². The molecule has 0 aliphatic carbocycles. The minimum atomic E-state index is -3.63. The molecule has 106 valence electrons. The minimum absolute atomic E-state index is 0. The number of amides is 1. The summed E-state index contributed by atoms with van der Waals surface area (Å²) >= 11 is 0. The van der Waals surface area contributed by atoms with Crippen LogP contribution in [0.1, 0.15) is 11.6 Å². The first kappa shape index (κ1) is 15.5. The fourth-order valence-electron chi connectivity index (χ4n) is 1.57. The SMILES string of the molecule is Cl.O=C1N[C@@H](c2cc(F)c(F)cc2F)C(F)(F)CO1. The van der Waals surface area contributed by atoms with Crippen LogP contribution < -0.4 is 5.32 Å². The van der Waals surface area contributed by atoms with Crippen LogP contribution in [0.3, 0.4) is 0 Å². The lowest BCUT2D eigenvalue weighted by Crippen LogP contribution is -2.50. The fraction of sp³-hybridized carbons (Fsp3) is 0.300. The second kappa shape index (κ2) is 5.20. The van der Waals surface area contributed by atoms with Crippen LogP contribution in [0, 0.1) is 17.5 Å². The molecule has 1 heterocycles. The number of cyclic esters (lactones) is 1. The normalized spacial score (nSPS) is 21.1. The van der Waals surface area contributed by atoms with Gasteiger partial charge in [0.1, 0.15) is 11.9 Å². The predicted molar refractivity (Wildman–Crippen MR) is 55.7 cm³/mol. The zero-order valence-corrected chi connectivity index (χ0v) is 9.87. The van der Waals surface area contributed by atoms with E-state index < -0.39 is 47.7 Å². The van der Waals surface area contributed by atoms with Gasteiger partial charge in [0, 0.05) is 11.6 Å². The Kier molecular flexibility index (Phi) is 4.24. The van der Waals surface area contributed by atoms with Gasteiger partial charge in [-0.05, 0) is 6.07 Å². The molecule has 1 aliphatic rings. The molecule has 1 fully saturated rings. The van der Waals surface area contributed by atoms with Crippen LogP contribution in [0.25, 0.3) is 0 Å². The van der Waals surface area contributed by atoms with Gasteiger partial charge >= 0.3 is 12.0 Å². The van der Waals surface area contributed by atoms with Gasteiger partial charge in [-0.15, -0.1) is 12.4 Å². The average molecular weight is 304 g/mol. The Bertz CT molecular complexity index is 511. The lowest BCUT2D eigenvalue weighted by molar-refractivity contribution is -0.105. The Morgan fingerprint density at radius 3 is 2.37 bits per heavy atom. The molecule has 1 atom stereocenters. The smallest absolute Gasteiger partial charge is 0.408 e. The number of benzene rings is 1. The van der Waals surface area contributed by atoms with Gasteiger partial charge in [-0.1, -0.05) is 0 Å². The van der Waals surface area contributed by atoms with Crippen molar-refractivity contribution in [1.29, 1.82) is 0 Å². The molecule has 0 unspecified atom stereocenters. The Labute approximate surface area is 110 Å². The first-order chi connectivity index (χ1) is 8.31. The van der Waals surface area contributed by atoms with Crippen LogP contribution in [0.5, 0.6) is 0 Å². The highest BCUT2D eigenvalue weighted by molar-refractivity contribution is 5.85.